The Morgan fingerprint density at radius 1 is 1.62 bits per heavy atom. The van der Waals surface area contributed by atoms with Crippen LogP contribution in [0, 0.1) is 5.92 Å². The van der Waals surface area contributed by atoms with Crippen LogP contribution in [0.1, 0.15) is 20.3 Å². The maximum absolute atomic E-state index is 11.7. The molecule has 0 saturated carbocycles. The van der Waals surface area contributed by atoms with Crippen LogP contribution < -0.4 is 10.1 Å². The Bertz CT molecular complexity index is 420. The topological polar surface area (TPSA) is 51.2 Å². The molecule has 1 N–H and O–H groups in total. The van der Waals surface area contributed by atoms with Crippen LogP contribution >= 0.6 is 15.9 Å². The SMILES string of the molecule is CC(C)CC1Oc2cc(Br)cnc2NC1=O. The van der Waals surface area contributed by atoms with Gasteiger partial charge in [-0.1, -0.05) is 13.8 Å². The molecule has 4 nitrogen and oxygen atoms in total. The lowest BCUT2D eigenvalue weighted by molar-refractivity contribution is -0.124. The lowest BCUT2D eigenvalue weighted by atomic mass is 10.0. The first-order valence-electron chi connectivity index (χ1n) is 5.19. The average molecular weight is 285 g/mol. The number of aromatic nitrogens is 1. The molecule has 1 unspecified atom stereocenters. The Morgan fingerprint density at radius 2 is 2.38 bits per heavy atom. The zero-order valence-corrected chi connectivity index (χ0v) is 10.7. The van der Waals surface area contributed by atoms with Crippen molar-refractivity contribution in [1.29, 1.82) is 0 Å². The van der Waals surface area contributed by atoms with E-state index in [9.17, 15) is 4.79 Å². The predicted molar refractivity (Wildman–Crippen MR) is 64.4 cm³/mol. The van der Waals surface area contributed by atoms with Gasteiger partial charge in [0.15, 0.2) is 17.7 Å². The molecule has 16 heavy (non-hydrogen) atoms. The van der Waals surface area contributed by atoms with Crippen molar-refractivity contribution < 1.29 is 9.53 Å². The van der Waals surface area contributed by atoms with Crippen LogP contribution in [0.4, 0.5) is 5.82 Å². The Labute approximate surface area is 103 Å². The molecule has 0 aliphatic carbocycles. The zero-order valence-electron chi connectivity index (χ0n) is 9.16. The van der Waals surface area contributed by atoms with Gasteiger partial charge in [-0.2, -0.15) is 0 Å². The van der Waals surface area contributed by atoms with Gasteiger partial charge in [-0.25, -0.2) is 4.98 Å². The molecule has 86 valence electrons. The van der Waals surface area contributed by atoms with Gasteiger partial charge in [0.25, 0.3) is 5.91 Å². The number of ether oxygens (including phenoxy) is 1. The second-order valence-electron chi connectivity index (χ2n) is 4.23. The van der Waals surface area contributed by atoms with E-state index < -0.39 is 6.10 Å². The number of nitrogens with zero attached hydrogens (tertiary/aromatic N) is 1. The summed E-state index contributed by atoms with van der Waals surface area (Å²) in [4.78, 5) is 15.8. The molecule has 1 atom stereocenters. The summed E-state index contributed by atoms with van der Waals surface area (Å²) in [5.41, 5.74) is 0. The minimum atomic E-state index is -0.413. The first kappa shape index (κ1) is 11.4. The summed E-state index contributed by atoms with van der Waals surface area (Å²) in [6.07, 6.45) is 1.92. The van der Waals surface area contributed by atoms with Gasteiger partial charge in [0.2, 0.25) is 0 Å². The molecule has 0 bridgehead atoms. The number of carbonyl (C=O) groups excluding carboxylic acids is 1. The fourth-order valence-electron chi connectivity index (χ4n) is 1.59. The summed E-state index contributed by atoms with van der Waals surface area (Å²) in [6.45, 7) is 4.12. The Morgan fingerprint density at radius 3 is 3.06 bits per heavy atom. The number of fused-ring (bicyclic) bond motifs is 1. The lowest BCUT2D eigenvalue weighted by Gasteiger charge is -2.26. The third-order valence-corrected chi connectivity index (χ3v) is 2.74. The first-order chi connectivity index (χ1) is 7.56. The summed E-state index contributed by atoms with van der Waals surface area (Å²) < 4.78 is 6.47. The number of halogens is 1. The number of anilines is 1. The summed E-state index contributed by atoms with van der Waals surface area (Å²) >= 11 is 3.32. The van der Waals surface area contributed by atoms with Crippen LogP contribution in [0.5, 0.6) is 5.75 Å². The highest BCUT2D eigenvalue weighted by atomic mass is 79.9. The van der Waals surface area contributed by atoms with Crippen molar-refractivity contribution in [1.82, 2.24) is 4.98 Å². The molecular formula is C11H13BrN2O2. The van der Waals surface area contributed by atoms with E-state index in [2.05, 4.69) is 40.1 Å². The standard InChI is InChI=1S/C11H13BrN2O2/c1-6(2)3-9-11(15)14-10-8(16-9)4-7(12)5-13-10/h4-6,9H,3H2,1-2H3,(H,13,14,15). The highest BCUT2D eigenvalue weighted by Crippen LogP contribution is 2.31. The van der Waals surface area contributed by atoms with Gasteiger partial charge in [0, 0.05) is 10.7 Å². The van der Waals surface area contributed by atoms with Gasteiger partial charge >= 0.3 is 0 Å². The summed E-state index contributed by atoms with van der Waals surface area (Å²) in [5, 5.41) is 2.75. The van der Waals surface area contributed by atoms with E-state index in [0.29, 0.717) is 23.9 Å². The predicted octanol–water partition coefficient (Wildman–Crippen LogP) is 2.59. The summed E-state index contributed by atoms with van der Waals surface area (Å²) in [5.74, 6) is 1.42. The van der Waals surface area contributed by atoms with E-state index in [4.69, 9.17) is 4.74 Å². The highest BCUT2D eigenvalue weighted by molar-refractivity contribution is 9.10. The molecule has 0 fully saturated rings. The van der Waals surface area contributed by atoms with Crippen LogP contribution in [0.25, 0.3) is 0 Å². The molecule has 0 spiro atoms. The fourth-order valence-corrected chi connectivity index (χ4v) is 1.90. The molecule has 2 rings (SSSR count). The number of amides is 1. The Balaban J connectivity index is 2.22. The van der Waals surface area contributed by atoms with E-state index >= 15 is 0 Å². The highest BCUT2D eigenvalue weighted by Gasteiger charge is 2.28. The monoisotopic (exact) mass is 284 g/mol. The molecule has 2 heterocycles. The van der Waals surface area contributed by atoms with Crippen LogP contribution in [0.3, 0.4) is 0 Å². The van der Waals surface area contributed by atoms with Crippen LogP contribution in [0.2, 0.25) is 0 Å². The molecular weight excluding hydrogens is 272 g/mol. The van der Waals surface area contributed by atoms with Crippen molar-refractivity contribution in [3.8, 4) is 5.75 Å². The smallest absolute Gasteiger partial charge is 0.266 e. The zero-order chi connectivity index (χ0) is 11.7. The van der Waals surface area contributed by atoms with Gasteiger partial charge in [-0.3, -0.25) is 4.79 Å². The molecule has 0 saturated heterocycles. The normalized spacial score (nSPS) is 19.0. The van der Waals surface area contributed by atoms with E-state index in [-0.39, 0.29) is 5.91 Å². The van der Waals surface area contributed by atoms with Crippen molar-refractivity contribution >= 4 is 27.7 Å². The van der Waals surface area contributed by atoms with E-state index in [1.807, 2.05) is 6.07 Å². The molecule has 1 aliphatic heterocycles. The van der Waals surface area contributed by atoms with Gasteiger partial charge < -0.3 is 10.1 Å². The van der Waals surface area contributed by atoms with Gasteiger partial charge in [-0.05, 0) is 34.3 Å². The number of nitrogens with one attached hydrogen (secondary N) is 1. The second-order valence-corrected chi connectivity index (χ2v) is 5.14. The molecule has 5 heteroatoms. The molecule has 1 amide bonds. The van der Waals surface area contributed by atoms with Crippen molar-refractivity contribution in [2.24, 2.45) is 5.92 Å². The van der Waals surface area contributed by atoms with Crippen molar-refractivity contribution in [3.63, 3.8) is 0 Å². The van der Waals surface area contributed by atoms with Gasteiger partial charge in [0.05, 0.1) is 0 Å². The third kappa shape index (κ3) is 2.35. The lowest BCUT2D eigenvalue weighted by Crippen LogP contribution is -2.38. The van der Waals surface area contributed by atoms with Crippen molar-refractivity contribution in [2.75, 3.05) is 5.32 Å². The third-order valence-electron chi connectivity index (χ3n) is 2.31. The molecule has 0 aromatic carbocycles. The van der Waals surface area contributed by atoms with E-state index in [1.165, 1.54) is 0 Å². The number of rotatable bonds is 2. The number of hydrogen-bond donors (Lipinski definition) is 1. The minimum Gasteiger partial charge on any atom is -0.477 e. The van der Waals surface area contributed by atoms with Crippen LogP contribution in [-0.4, -0.2) is 17.0 Å². The molecule has 1 aromatic rings. The molecule has 1 aliphatic rings. The van der Waals surface area contributed by atoms with Gasteiger partial charge in [-0.15, -0.1) is 0 Å². The summed E-state index contributed by atoms with van der Waals surface area (Å²) in [6, 6.07) is 1.81. The summed E-state index contributed by atoms with van der Waals surface area (Å²) in [7, 11) is 0. The Hall–Kier alpha value is -1.10. The molecule has 1 aromatic heterocycles. The molecule has 0 radical (unpaired) electrons. The van der Waals surface area contributed by atoms with Crippen molar-refractivity contribution in [2.45, 2.75) is 26.4 Å². The first-order valence-corrected chi connectivity index (χ1v) is 5.98. The number of pyridine rings is 1. The Kier molecular flexibility index (Phi) is 3.14. The van der Waals surface area contributed by atoms with Gasteiger partial charge in [0.1, 0.15) is 0 Å². The quantitative estimate of drug-likeness (QED) is 0.908. The number of carbonyl (C=O) groups is 1. The van der Waals surface area contributed by atoms with Crippen molar-refractivity contribution in [3.05, 3.63) is 16.7 Å². The van der Waals surface area contributed by atoms with Crippen LogP contribution in [-0.2, 0) is 4.79 Å². The van der Waals surface area contributed by atoms with Crippen LogP contribution in [0.15, 0.2) is 16.7 Å². The van der Waals surface area contributed by atoms with E-state index in [1.54, 1.807) is 6.20 Å². The van der Waals surface area contributed by atoms with E-state index in [0.717, 1.165) is 4.47 Å². The largest absolute Gasteiger partial charge is 0.477 e. The second kappa shape index (κ2) is 4.41. The maximum Gasteiger partial charge on any atom is 0.266 e. The maximum atomic E-state index is 11.7. The minimum absolute atomic E-state index is 0.115. The fraction of sp³-hybridized carbons (Fsp3) is 0.455. The number of hydrogen-bond acceptors (Lipinski definition) is 3. The average Bonchev–Trinajstić information content (AvgIpc) is 2.19.